The Morgan fingerprint density at radius 2 is 1.50 bits per heavy atom. The molecule has 1 saturated heterocycles. The number of hydrogen-bond acceptors (Lipinski definition) is 3. The third kappa shape index (κ3) is 4.32. The molecule has 3 heteroatoms. The third-order valence-corrected chi connectivity index (χ3v) is 7.55. The topological polar surface area (TPSA) is 35.5 Å². The molecule has 1 heterocycles. The molecule has 0 aromatic heterocycles. The highest BCUT2D eigenvalue weighted by atomic mass is 16.3. The molecule has 1 unspecified atom stereocenters. The van der Waals surface area contributed by atoms with Gasteiger partial charge in [-0.3, -0.25) is 4.90 Å². The summed E-state index contributed by atoms with van der Waals surface area (Å²) >= 11 is 0. The number of hydrogen-bond donors (Lipinski definition) is 2. The Morgan fingerprint density at radius 3 is 2.16 bits per heavy atom. The number of phenolic OH excluding ortho intramolecular Hbond substituents is 1. The number of nitrogens with one attached hydrogen (secondary N) is 1. The average Bonchev–Trinajstić information content (AvgIpc) is 3.33. The number of nitrogens with zero attached hydrogens (tertiary/aromatic N) is 1. The van der Waals surface area contributed by atoms with E-state index in [1.165, 1.54) is 67.4 Å². The summed E-state index contributed by atoms with van der Waals surface area (Å²) in [5.41, 5.74) is 5.35. The average molecular weight is 427 g/mol. The molecule has 1 aliphatic carbocycles. The van der Waals surface area contributed by atoms with Crippen LogP contribution in [0.2, 0.25) is 0 Å². The van der Waals surface area contributed by atoms with Gasteiger partial charge in [0.15, 0.2) is 0 Å². The van der Waals surface area contributed by atoms with E-state index in [0.717, 1.165) is 13.0 Å². The van der Waals surface area contributed by atoms with E-state index < -0.39 is 0 Å². The highest BCUT2D eigenvalue weighted by Gasteiger charge is 2.49. The Balaban J connectivity index is 1.42. The molecule has 0 bridgehead atoms. The van der Waals surface area contributed by atoms with Gasteiger partial charge >= 0.3 is 0 Å². The number of phenols is 1. The second kappa shape index (κ2) is 9.48. The minimum absolute atomic E-state index is 0.231. The molecule has 0 amide bonds. The fraction of sp³-hybridized carbons (Fsp3) is 0.379. The van der Waals surface area contributed by atoms with Crippen LogP contribution < -0.4 is 5.32 Å². The smallest absolute Gasteiger partial charge is 0.115 e. The molecule has 3 aromatic rings. The van der Waals surface area contributed by atoms with E-state index in [0.29, 0.717) is 11.8 Å². The van der Waals surface area contributed by atoms with Gasteiger partial charge in [-0.2, -0.15) is 0 Å². The molecule has 166 valence electrons. The van der Waals surface area contributed by atoms with Crippen molar-refractivity contribution in [1.82, 2.24) is 10.2 Å². The fourth-order valence-electron chi connectivity index (χ4n) is 5.73. The van der Waals surface area contributed by atoms with Crippen molar-refractivity contribution in [3.05, 3.63) is 101 Å². The molecule has 32 heavy (non-hydrogen) atoms. The number of rotatable bonds is 8. The first kappa shape index (κ1) is 21.2. The van der Waals surface area contributed by atoms with Crippen LogP contribution >= 0.6 is 0 Å². The van der Waals surface area contributed by atoms with Crippen molar-refractivity contribution < 1.29 is 5.11 Å². The first-order valence-electron chi connectivity index (χ1n) is 12.1. The molecule has 2 aliphatic rings. The van der Waals surface area contributed by atoms with Crippen molar-refractivity contribution in [3.63, 3.8) is 0 Å². The zero-order chi connectivity index (χ0) is 21.8. The minimum atomic E-state index is 0.231. The zero-order valence-corrected chi connectivity index (χ0v) is 18.8. The van der Waals surface area contributed by atoms with Crippen LogP contribution in [0.15, 0.2) is 78.9 Å². The summed E-state index contributed by atoms with van der Waals surface area (Å²) in [6, 6.07) is 27.7. The summed E-state index contributed by atoms with van der Waals surface area (Å²) in [7, 11) is 0. The van der Waals surface area contributed by atoms with E-state index in [1.807, 2.05) is 12.1 Å². The Bertz CT molecular complexity index is 1010. The Hall–Kier alpha value is -2.62. The Labute approximate surface area is 192 Å². The lowest BCUT2D eigenvalue weighted by Crippen LogP contribution is -2.59. The summed E-state index contributed by atoms with van der Waals surface area (Å²) in [4.78, 5) is 2.77. The summed E-state index contributed by atoms with van der Waals surface area (Å²) in [5, 5.41) is 14.2. The van der Waals surface area contributed by atoms with E-state index in [-0.39, 0.29) is 5.54 Å². The van der Waals surface area contributed by atoms with E-state index in [9.17, 15) is 5.11 Å². The van der Waals surface area contributed by atoms with Gasteiger partial charge in [-0.05, 0) is 86.0 Å². The third-order valence-electron chi connectivity index (χ3n) is 7.55. The molecular formula is C29H34N2O. The predicted molar refractivity (Wildman–Crippen MR) is 131 cm³/mol. The number of aromatic hydroxyl groups is 1. The second-order valence-corrected chi connectivity index (χ2v) is 9.49. The van der Waals surface area contributed by atoms with Gasteiger partial charge in [-0.1, -0.05) is 66.7 Å². The molecule has 3 aromatic carbocycles. The molecule has 5 rings (SSSR count). The molecule has 2 N–H and O–H groups in total. The van der Waals surface area contributed by atoms with Gasteiger partial charge in [0.2, 0.25) is 0 Å². The maximum Gasteiger partial charge on any atom is 0.115 e. The summed E-state index contributed by atoms with van der Waals surface area (Å²) < 4.78 is 0. The van der Waals surface area contributed by atoms with Gasteiger partial charge in [0.1, 0.15) is 5.75 Å². The van der Waals surface area contributed by atoms with Crippen LogP contribution in [0.4, 0.5) is 0 Å². The van der Waals surface area contributed by atoms with Crippen molar-refractivity contribution in [2.45, 2.75) is 56.7 Å². The molecule has 1 saturated carbocycles. The van der Waals surface area contributed by atoms with Gasteiger partial charge in [0.05, 0.1) is 6.04 Å². The van der Waals surface area contributed by atoms with Crippen LogP contribution in [-0.2, 0) is 13.0 Å². The maximum absolute atomic E-state index is 10.2. The van der Waals surface area contributed by atoms with Gasteiger partial charge in [-0.15, -0.1) is 0 Å². The predicted octanol–water partition coefficient (Wildman–Crippen LogP) is 5.83. The van der Waals surface area contributed by atoms with Crippen molar-refractivity contribution >= 4 is 0 Å². The summed E-state index contributed by atoms with van der Waals surface area (Å²) in [5.74, 6) is 0.340. The van der Waals surface area contributed by atoms with Crippen molar-refractivity contribution in [2.24, 2.45) is 0 Å². The van der Waals surface area contributed by atoms with Gasteiger partial charge in [-0.25, -0.2) is 0 Å². The van der Waals surface area contributed by atoms with Crippen molar-refractivity contribution in [1.29, 1.82) is 0 Å². The number of benzene rings is 3. The second-order valence-electron chi connectivity index (χ2n) is 9.49. The van der Waals surface area contributed by atoms with Crippen LogP contribution in [-0.4, -0.2) is 28.6 Å². The molecular weight excluding hydrogens is 392 g/mol. The van der Waals surface area contributed by atoms with Crippen LogP contribution in [0.25, 0.3) is 0 Å². The normalized spacial score (nSPS) is 18.9. The van der Waals surface area contributed by atoms with Crippen LogP contribution in [0.1, 0.15) is 60.4 Å². The monoisotopic (exact) mass is 426 g/mol. The standard InChI is InChI=1S/C29H34N2O/c32-27-15-14-25(26(21-27)20-23-10-3-1-4-11-23)22-30-28(24-12-5-2-6-13-24)29(16-9-17-29)31-18-7-8-19-31/h1-6,10-15,21,28,30,32H,7-9,16-20,22H2. The Morgan fingerprint density at radius 1 is 0.812 bits per heavy atom. The largest absolute Gasteiger partial charge is 0.508 e. The first-order chi connectivity index (χ1) is 15.7. The van der Waals surface area contributed by atoms with Gasteiger partial charge in [0, 0.05) is 12.1 Å². The minimum Gasteiger partial charge on any atom is -0.508 e. The maximum atomic E-state index is 10.2. The number of likely N-dealkylation sites (tertiary alicyclic amines) is 1. The quantitative estimate of drug-likeness (QED) is 0.475. The van der Waals surface area contributed by atoms with E-state index in [1.54, 1.807) is 0 Å². The van der Waals surface area contributed by atoms with Crippen molar-refractivity contribution in [2.75, 3.05) is 13.1 Å². The highest BCUT2D eigenvalue weighted by molar-refractivity contribution is 5.38. The van der Waals surface area contributed by atoms with E-state index >= 15 is 0 Å². The molecule has 1 aliphatic heterocycles. The summed E-state index contributed by atoms with van der Waals surface area (Å²) in [6.45, 7) is 3.25. The SMILES string of the molecule is Oc1ccc(CNC(c2ccccc2)C2(N3CCCC3)CCC2)c(Cc2ccccc2)c1. The molecule has 2 fully saturated rings. The van der Waals surface area contributed by atoms with E-state index in [4.69, 9.17) is 0 Å². The van der Waals surface area contributed by atoms with Crippen LogP contribution in [0, 0.1) is 0 Å². The van der Waals surface area contributed by atoms with Gasteiger partial charge < -0.3 is 10.4 Å². The van der Waals surface area contributed by atoms with Gasteiger partial charge in [0.25, 0.3) is 0 Å². The Kier molecular flexibility index (Phi) is 6.29. The van der Waals surface area contributed by atoms with Crippen LogP contribution in [0.3, 0.4) is 0 Å². The van der Waals surface area contributed by atoms with Crippen LogP contribution in [0.5, 0.6) is 5.75 Å². The lowest BCUT2D eigenvalue weighted by Gasteiger charge is -2.54. The molecule has 3 nitrogen and oxygen atoms in total. The molecule has 1 atom stereocenters. The highest BCUT2D eigenvalue weighted by Crippen LogP contribution is 2.48. The lowest BCUT2D eigenvalue weighted by atomic mass is 9.68. The lowest BCUT2D eigenvalue weighted by molar-refractivity contribution is -0.00197. The fourth-order valence-corrected chi connectivity index (χ4v) is 5.73. The molecule has 0 spiro atoms. The summed E-state index contributed by atoms with van der Waals surface area (Å²) in [6.07, 6.45) is 7.34. The van der Waals surface area contributed by atoms with E-state index in [2.05, 4.69) is 76.9 Å². The first-order valence-corrected chi connectivity index (χ1v) is 12.1. The molecule has 0 radical (unpaired) electrons. The zero-order valence-electron chi connectivity index (χ0n) is 18.8. The van der Waals surface area contributed by atoms with Crippen molar-refractivity contribution in [3.8, 4) is 5.75 Å².